The van der Waals surface area contributed by atoms with Gasteiger partial charge in [0.05, 0.1) is 0 Å². The average Bonchev–Trinajstić information content (AvgIpc) is 2.85. The number of rotatable bonds is 3. The third-order valence-electron chi connectivity index (χ3n) is 3.93. The van der Waals surface area contributed by atoms with Crippen LogP contribution in [-0.2, 0) is 11.3 Å². The Labute approximate surface area is 108 Å². The Hall–Kier alpha value is -1.32. The highest BCUT2D eigenvalue weighted by Gasteiger charge is 2.26. The van der Waals surface area contributed by atoms with Crippen LogP contribution in [0.3, 0.4) is 0 Å². The Morgan fingerprint density at radius 2 is 2.11 bits per heavy atom. The molecule has 1 aliphatic heterocycles. The molecule has 3 nitrogen and oxygen atoms in total. The van der Waals surface area contributed by atoms with Crippen LogP contribution in [0.5, 0.6) is 0 Å². The molecule has 96 valence electrons. The van der Waals surface area contributed by atoms with E-state index in [-0.39, 0.29) is 5.54 Å². The van der Waals surface area contributed by atoms with Crippen molar-refractivity contribution in [3.63, 3.8) is 0 Å². The highest BCUT2D eigenvalue weighted by Crippen LogP contribution is 2.21. The van der Waals surface area contributed by atoms with Gasteiger partial charge in [0.15, 0.2) is 0 Å². The molecule has 2 aromatic rings. The summed E-state index contributed by atoms with van der Waals surface area (Å²) in [5.74, 6) is 0. The molecule has 18 heavy (non-hydrogen) atoms. The first-order valence-electron chi connectivity index (χ1n) is 6.64. The third kappa shape index (κ3) is 2.42. The summed E-state index contributed by atoms with van der Waals surface area (Å²) in [6.07, 6.45) is 4.18. The number of fused-ring (bicyclic) bond motifs is 1. The number of benzene rings is 1. The van der Waals surface area contributed by atoms with Gasteiger partial charge in [0, 0.05) is 37.0 Å². The summed E-state index contributed by atoms with van der Waals surface area (Å²) in [5, 5.41) is 4.96. The van der Waals surface area contributed by atoms with Gasteiger partial charge >= 0.3 is 0 Å². The van der Waals surface area contributed by atoms with Gasteiger partial charge < -0.3 is 15.0 Å². The maximum Gasteiger partial charge on any atom is 0.0483 e. The van der Waals surface area contributed by atoms with Crippen LogP contribution in [-0.4, -0.2) is 23.7 Å². The van der Waals surface area contributed by atoms with Crippen LogP contribution < -0.4 is 5.32 Å². The number of ether oxygens (including phenoxy) is 1. The Balaban J connectivity index is 1.68. The Kier molecular flexibility index (Phi) is 3.10. The zero-order valence-electron chi connectivity index (χ0n) is 10.8. The highest BCUT2D eigenvalue weighted by molar-refractivity contribution is 5.79. The van der Waals surface area contributed by atoms with Gasteiger partial charge in [-0.2, -0.15) is 0 Å². The molecule has 0 bridgehead atoms. The molecule has 2 heterocycles. The number of aromatic amines is 1. The van der Waals surface area contributed by atoms with Crippen molar-refractivity contribution in [2.45, 2.75) is 31.8 Å². The predicted octanol–water partition coefficient (Wildman–Crippen LogP) is 2.83. The molecular formula is C15H20N2O. The predicted molar refractivity (Wildman–Crippen MR) is 73.6 cm³/mol. The van der Waals surface area contributed by atoms with E-state index in [2.05, 4.69) is 41.5 Å². The van der Waals surface area contributed by atoms with E-state index in [0.717, 1.165) is 32.6 Å². The number of nitrogens with one attached hydrogen (secondary N) is 2. The van der Waals surface area contributed by atoms with Crippen molar-refractivity contribution in [3.05, 3.63) is 36.0 Å². The van der Waals surface area contributed by atoms with Gasteiger partial charge in [0.25, 0.3) is 0 Å². The lowest BCUT2D eigenvalue weighted by atomic mass is 9.92. The number of hydrogen-bond acceptors (Lipinski definition) is 2. The van der Waals surface area contributed by atoms with Crippen molar-refractivity contribution >= 4 is 10.9 Å². The first kappa shape index (κ1) is 11.8. The van der Waals surface area contributed by atoms with Crippen molar-refractivity contribution in [2.75, 3.05) is 13.2 Å². The molecule has 1 aromatic heterocycles. The second kappa shape index (κ2) is 4.75. The standard InChI is InChI=1S/C15H20N2O/c1-15(5-8-18-9-6-15)17-11-12-2-3-14-13(10-12)4-7-16-14/h2-4,7,10,16-17H,5-6,8-9,11H2,1H3. The Bertz CT molecular complexity index is 526. The molecule has 0 amide bonds. The van der Waals surface area contributed by atoms with Gasteiger partial charge in [-0.15, -0.1) is 0 Å². The molecule has 3 heteroatoms. The molecule has 2 N–H and O–H groups in total. The summed E-state index contributed by atoms with van der Waals surface area (Å²) in [6.45, 7) is 4.97. The Morgan fingerprint density at radius 1 is 1.28 bits per heavy atom. The quantitative estimate of drug-likeness (QED) is 0.871. The number of hydrogen-bond donors (Lipinski definition) is 2. The van der Waals surface area contributed by atoms with Crippen molar-refractivity contribution in [2.24, 2.45) is 0 Å². The van der Waals surface area contributed by atoms with Gasteiger partial charge in [-0.3, -0.25) is 0 Å². The van der Waals surface area contributed by atoms with Gasteiger partial charge in [-0.1, -0.05) is 6.07 Å². The summed E-state index contributed by atoms with van der Waals surface area (Å²) in [5.41, 5.74) is 2.77. The van der Waals surface area contributed by atoms with E-state index in [0.29, 0.717) is 0 Å². The fourth-order valence-corrected chi connectivity index (χ4v) is 2.53. The van der Waals surface area contributed by atoms with E-state index < -0.39 is 0 Å². The first-order chi connectivity index (χ1) is 8.75. The van der Waals surface area contributed by atoms with Gasteiger partial charge in [0.1, 0.15) is 0 Å². The molecule has 1 aromatic carbocycles. The smallest absolute Gasteiger partial charge is 0.0483 e. The van der Waals surface area contributed by atoms with E-state index >= 15 is 0 Å². The van der Waals surface area contributed by atoms with Crippen LogP contribution in [0.1, 0.15) is 25.3 Å². The molecule has 3 rings (SSSR count). The molecule has 0 unspecified atom stereocenters. The first-order valence-corrected chi connectivity index (χ1v) is 6.64. The van der Waals surface area contributed by atoms with E-state index in [4.69, 9.17) is 4.74 Å². The number of H-pyrrole nitrogens is 1. The van der Waals surface area contributed by atoms with Crippen molar-refractivity contribution in [3.8, 4) is 0 Å². The van der Waals surface area contributed by atoms with Crippen LogP contribution in [0.2, 0.25) is 0 Å². The maximum atomic E-state index is 5.42. The lowest BCUT2D eigenvalue weighted by Crippen LogP contribution is -2.46. The van der Waals surface area contributed by atoms with Gasteiger partial charge in [-0.05, 0) is 48.9 Å². The third-order valence-corrected chi connectivity index (χ3v) is 3.93. The summed E-state index contributed by atoms with van der Waals surface area (Å²) in [6, 6.07) is 8.71. The fraction of sp³-hybridized carbons (Fsp3) is 0.467. The van der Waals surface area contributed by atoms with Crippen molar-refractivity contribution in [1.29, 1.82) is 0 Å². The summed E-state index contributed by atoms with van der Waals surface area (Å²) < 4.78 is 5.42. The van der Waals surface area contributed by atoms with Gasteiger partial charge in [-0.25, -0.2) is 0 Å². The highest BCUT2D eigenvalue weighted by atomic mass is 16.5. The molecule has 0 spiro atoms. The molecule has 1 fully saturated rings. The fourth-order valence-electron chi connectivity index (χ4n) is 2.53. The normalized spacial score (nSPS) is 19.2. The van der Waals surface area contributed by atoms with Crippen LogP contribution in [0.15, 0.2) is 30.5 Å². The van der Waals surface area contributed by atoms with Crippen LogP contribution in [0.4, 0.5) is 0 Å². The second-order valence-corrected chi connectivity index (χ2v) is 5.43. The van der Waals surface area contributed by atoms with E-state index in [1.165, 1.54) is 16.5 Å². The largest absolute Gasteiger partial charge is 0.381 e. The summed E-state index contributed by atoms with van der Waals surface area (Å²) in [4.78, 5) is 3.22. The average molecular weight is 244 g/mol. The number of aromatic nitrogens is 1. The monoisotopic (exact) mass is 244 g/mol. The van der Waals surface area contributed by atoms with Crippen LogP contribution in [0.25, 0.3) is 10.9 Å². The van der Waals surface area contributed by atoms with E-state index in [9.17, 15) is 0 Å². The zero-order valence-corrected chi connectivity index (χ0v) is 10.8. The zero-order chi connectivity index (χ0) is 12.4. The second-order valence-electron chi connectivity index (χ2n) is 5.43. The minimum absolute atomic E-state index is 0.228. The molecule has 0 saturated carbocycles. The SMILES string of the molecule is CC1(NCc2ccc3[nH]ccc3c2)CCOCC1. The van der Waals surface area contributed by atoms with Crippen molar-refractivity contribution < 1.29 is 4.74 Å². The maximum absolute atomic E-state index is 5.42. The molecule has 0 atom stereocenters. The Morgan fingerprint density at radius 3 is 2.94 bits per heavy atom. The molecular weight excluding hydrogens is 224 g/mol. The van der Waals surface area contributed by atoms with Crippen LogP contribution >= 0.6 is 0 Å². The lowest BCUT2D eigenvalue weighted by Gasteiger charge is -2.34. The van der Waals surface area contributed by atoms with Crippen molar-refractivity contribution in [1.82, 2.24) is 10.3 Å². The van der Waals surface area contributed by atoms with Crippen LogP contribution in [0, 0.1) is 0 Å². The summed E-state index contributed by atoms with van der Waals surface area (Å²) >= 11 is 0. The topological polar surface area (TPSA) is 37.0 Å². The molecule has 1 saturated heterocycles. The molecule has 0 aliphatic carbocycles. The molecule has 1 aliphatic rings. The minimum Gasteiger partial charge on any atom is -0.381 e. The summed E-state index contributed by atoms with van der Waals surface area (Å²) in [7, 11) is 0. The van der Waals surface area contributed by atoms with E-state index in [1.54, 1.807) is 0 Å². The van der Waals surface area contributed by atoms with E-state index in [1.807, 2.05) is 6.20 Å². The minimum atomic E-state index is 0.228. The van der Waals surface area contributed by atoms with Gasteiger partial charge in [0.2, 0.25) is 0 Å². The molecule has 0 radical (unpaired) electrons. The lowest BCUT2D eigenvalue weighted by molar-refractivity contribution is 0.0446.